The standard InChI is InChI=1S/C18H19N3/c19-13-18(20)11-16(14-7-3-1-4-8-14)21-17(12-18)15-9-5-2-6-10-15/h1-10,16-17,21H,11-12,20H2. The van der Waals surface area contributed by atoms with Crippen LogP contribution in [0.25, 0.3) is 0 Å². The van der Waals surface area contributed by atoms with Gasteiger partial charge in [0.15, 0.2) is 0 Å². The van der Waals surface area contributed by atoms with Gasteiger partial charge in [-0.2, -0.15) is 5.26 Å². The van der Waals surface area contributed by atoms with Crippen molar-refractivity contribution in [2.75, 3.05) is 0 Å². The van der Waals surface area contributed by atoms with Gasteiger partial charge in [-0.25, -0.2) is 0 Å². The zero-order valence-corrected chi connectivity index (χ0v) is 11.9. The largest absolute Gasteiger partial charge is 0.313 e. The van der Waals surface area contributed by atoms with Gasteiger partial charge >= 0.3 is 0 Å². The van der Waals surface area contributed by atoms with E-state index in [1.807, 2.05) is 36.4 Å². The van der Waals surface area contributed by atoms with Crippen molar-refractivity contribution in [3.63, 3.8) is 0 Å². The Morgan fingerprint density at radius 3 is 1.71 bits per heavy atom. The van der Waals surface area contributed by atoms with Crippen LogP contribution < -0.4 is 11.1 Å². The van der Waals surface area contributed by atoms with E-state index in [0.29, 0.717) is 12.8 Å². The number of nitrogens with zero attached hydrogens (tertiary/aromatic N) is 1. The molecule has 0 bridgehead atoms. The van der Waals surface area contributed by atoms with E-state index in [-0.39, 0.29) is 12.1 Å². The van der Waals surface area contributed by atoms with Crippen LogP contribution in [-0.4, -0.2) is 5.54 Å². The van der Waals surface area contributed by atoms with Gasteiger partial charge in [0.2, 0.25) is 0 Å². The maximum Gasteiger partial charge on any atom is 0.107 e. The minimum absolute atomic E-state index is 0.106. The molecule has 106 valence electrons. The number of rotatable bonds is 2. The summed E-state index contributed by atoms with van der Waals surface area (Å²) in [5, 5.41) is 13.1. The van der Waals surface area contributed by atoms with Crippen molar-refractivity contribution in [3.8, 4) is 6.07 Å². The van der Waals surface area contributed by atoms with Gasteiger partial charge < -0.3 is 11.1 Å². The summed E-state index contributed by atoms with van der Waals surface area (Å²) >= 11 is 0. The van der Waals surface area contributed by atoms with Crippen LogP contribution in [0, 0.1) is 11.3 Å². The summed E-state index contributed by atoms with van der Waals surface area (Å²) in [6.45, 7) is 0. The lowest BCUT2D eigenvalue weighted by Crippen LogP contribution is -2.50. The fraction of sp³-hybridized carbons (Fsp3) is 0.278. The summed E-state index contributed by atoms with van der Waals surface area (Å²) in [7, 11) is 0. The fourth-order valence-electron chi connectivity index (χ4n) is 3.06. The van der Waals surface area contributed by atoms with E-state index in [1.165, 1.54) is 11.1 Å². The Hall–Kier alpha value is -2.15. The quantitative estimate of drug-likeness (QED) is 0.886. The third-order valence-corrected chi connectivity index (χ3v) is 4.17. The van der Waals surface area contributed by atoms with Gasteiger partial charge in [-0.15, -0.1) is 0 Å². The van der Waals surface area contributed by atoms with Crippen molar-refractivity contribution in [2.45, 2.75) is 30.5 Å². The molecule has 2 atom stereocenters. The van der Waals surface area contributed by atoms with E-state index in [2.05, 4.69) is 35.7 Å². The highest BCUT2D eigenvalue weighted by Crippen LogP contribution is 2.37. The van der Waals surface area contributed by atoms with Crippen molar-refractivity contribution in [3.05, 3.63) is 71.8 Å². The smallest absolute Gasteiger partial charge is 0.107 e. The van der Waals surface area contributed by atoms with Crippen LogP contribution in [0.5, 0.6) is 0 Å². The van der Waals surface area contributed by atoms with Crippen LogP contribution in [0.4, 0.5) is 0 Å². The van der Waals surface area contributed by atoms with Gasteiger partial charge in [-0.05, 0) is 24.0 Å². The molecule has 3 N–H and O–H groups in total. The summed E-state index contributed by atoms with van der Waals surface area (Å²) in [4.78, 5) is 0. The third-order valence-electron chi connectivity index (χ3n) is 4.17. The van der Waals surface area contributed by atoms with Gasteiger partial charge in [0.25, 0.3) is 0 Å². The van der Waals surface area contributed by atoms with Crippen LogP contribution >= 0.6 is 0 Å². The third kappa shape index (κ3) is 2.97. The second-order valence-electron chi connectivity index (χ2n) is 5.77. The fourth-order valence-corrected chi connectivity index (χ4v) is 3.06. The first-order valence-corrected chi connectivity index (χ1v) is 7.26. The molecule has 1 saturated heterocycles. The highest BCUT2D eigenvalue weighted by Gasteiger charge is 2.38. The predicted octanol–water partition coefficient (Wildman–Crippen LogP) is 3.07. The van der Waals surface area contributed by atoms with E-state index in [0.717, 1.165) is 0 Å². The van der Waals surface area contributed by atoms with Crippen molar-refractivity contribution in [2.24, 2.45) is 5.73 Å². The Kier molecular flexibility index (Phi) is 3.74. The van der Waals surface area contributed by atoms with Crippen molar-refractivity contribution in [1.29, 1.82) is 5.26 Å². The molecule has 3 nitrogen and oxygen atoms in total. The van der Waals surface area contributed by atoms with Gasteiger partial charge in [-0.3, -0.25) is 0 Å². The van der Waals surface area contributed by atoms with Gasteiger partial charge in [0, 0.05) is 12.1 Å². The highest BCUT2D eigenvalue weighted by molar-refractivity contribution is 5.28. The molecule has 21 heavy (non-hydrogen) atoms. The lowest BCUT2D eigenvalue weighted by atomic mass is 9.78. The number of hydrogen-bond acceptors (Lipinski definition) is 3. The topological polar surface area (TPSA) is 61.8 Å². The number of nitriles is 1. The van der Waals surface area contributed by atoms with Gasteiger partial charge in [-0.1, -0.05) is 60.7 Å². The van der Waals surface area contributed by atoms with Gasteiger partial charge in [0.1, 0.15) is 5.54 Å². The Labute approximate surface area is 125 Å². The van der Waals surface area contributed by atoms with Crippen LogP contribution in [0.15, 0.2) is 60.7 Å². The summed E-state index contributed by atoms with van der Waals surface area (Å²) in [6, 6.07) is 23.0. The molecule has 3 rings (SSSR count). The number of hydrogen-bond donors (Lipinski definition) is 2. The minimum Gasteiger partial charge on any atom is -0.313 e. The molecule has 1 aliphatic rings. The Bertz CT molecular complexity index is 583. The predicted molar refractivity (Wildman–Crippen MR) is 83.3 cm³/mol. The molecule has 1 aliphatic heterocycles. The lowest BCUT2D eigenvalue weighted by molar-refractivity contribution is 0.251. The average Bonchev–Trinajstić information content (AvgIpc) is 2.56. The average molecular weight is 277 g/mol. The number of benzene rings is 2. The zero-order chi connectivity index (χ0) is 14.7. The Balaban J connectivity index is 1.92. The van der Waals surface area contributed by atoms with Crippen molar-refractivity contribution in [1.82, 2.24) is 5.32 Å². The number of nitrogens with two attached hydrogens (primary N) is 1. The molecule has 1 fully saturated rings. The van der Waals surface area contributed by atoms with Gasteiger partial charge in [0.05, 0.1) is 6.07 Å². The van der Waals surface area contributed by atoms with Crippen molar-refractivity contribution >= 4 is 0 Å². The first-order valence-electron chi connectivity index (χ1n) is 7.26. The molecule has 0 aromatic heterocycles. The summed E-state index contributed by atoms with van der Waals surface area (Å²) in [5.74, 6) is 0. The van der Waals surface area contributed by atoms with Crippen LogP contribution in [-0.2, 0) is 0 Å². The zero-order valence-electron chi connectivity index (χ0n) is 11.9. The maximum absolute atomic E-state index is 9.48. The van der Waals surface area contributed by atoms with Crippen LogP contribution in [0.1, 0.15) is 36.1 Å². The molecule has 2 aromatic carbocycles. The summed E-state index contributed by atoms with van der Waals surface area (Å²) in [6.07, 6.45) is 1.27. The monoisotopic (exact) mass is 277 g/mol. The molecule has 0 amide bonds. The molecule has 3 heteroatoms. The first-order chi connectivity index (χ1) is 10.2. The molecule has 0 saturated carbocycles. The van der Waals surface area contributed by atoms with E-state index < -0.39 is 5.54 Å². The minimum atomic E-state index is -0.785. The molecule has 0 radical (unpaired) electrons. The molecule has 2 unspecified atom stereocenters. The van der Waals surface area contributed by atoms with E-state index >= 15 is 0 Å². The van der Waals surface area contributed by atoms with Crippen LogP contribution in [0.2, 0.25) is 0 Å². The Morgan fingerprint density at radius 2 is 1.33 bits per heavy atom. The maximum atomic E-state index is 9.48. The Morgan fingerprint density at radius 1 is 0.905 bits per heavy atom. The lowest BCUT2D eigenvalue weighted by Gasteiger charge is -2.39. The molecule has 1 heterocycles. The van der Waals surface area contributed by atoms with E-state index in [4.69, 9.17) is 5.73 Å². The molecular formula is C18H19N3. The summed E-state index contributed by atoms with van der Waals surface area (Å²) < 4.78 is 0. The number of piperidine rings is 1. The molecular weight excluding hydrogens is 258 g/mol. The molecule has 0 aliphatic carbocycles. The highest BCUT2D eigenvalue weighted by atomic mass is 15.0. The van der Waals surface area contributed by atoms with E-state index in [9.17, 15) is 5.26 Å². The number of nitrogens with one attached hydrogen (secondary N) is 1. The second-order valence-corrected chi connectivity index (χ2v) is 5.77. The molecule has 0 spiro atoms. The second kappa shape index (κ2) is 5.69. The summed E-state index contributed by atoms with van der Waals surface area (Å²) in [5.41, 5.74) is 7.89. The first kappa shape index (κ1) is 13.8. The SMILES string of the molecule is N#CC1(N)CC(c2ccccc2)NC(c2ccccc2)C1. The van der Waals surface area contributed by atoms with Crippen LogP contribution in [0.3, 0.4) is 0 Å². The molecule has 2 aromatic rings. The van der Waals surface area contributed by atoms with Crippen molar-refractivity contribution < 1.29 is 0 Å². The normalized spacial score (nSPS) is 28.8. The van der Waals surface area contributed by atoms with E-state index in [1.54, 1.807) is 0 Å².